The number of aromatic hydroxyl groups is 2. The second kappa shape index (κ2) is 4.70. The van der Waals surface area contributed by atoms with Crippen LogP contribution in [0.1, 0.15) is 0 Å². The summed E-state index contributed by atoms with van der Waals surface area (Å²) in [5, 5.41) is 21.7. The van der Waals surface area contributed by atoms with E-state index in [0.717, 1.165) is 10.7 Å². The minimum absolute atomic E-state index is 0.0119. The summed E-state index contributed by atoms with van der Waals surface area (Å²) in [5.41, 5.74) is 2.07. The van der Waals surface area contributed by atoms with Gasteiger partial charge in [0.15, 0.2) is 0 Å². The van der Waals surface area contributed by atoms with Gasteiger partial charge in [-0.3, -0.25) is 4.98 Å². The van der Waals surface area contributed by atoms with Gasteiger partial charge in [0, 0.05) is 23.2 Å². The average Bonchev–Trinajstić information content (AvgIpc) is 2.89. The molecular formula is C14H10N2O2S. The highest BCUT2D eigenvalue weighted by molar-refractivity contribution is 7.13. The van der Waals surface area contributed by atoms with Gasteiger partial charge in [0.2, 0.25) is 0 Å². The Bertz CT molecular complexity index is 710. The standard InChI is InChI=1S/C14H10N2O2S/c17-9-4-5-10(13(18)7-9)12-8-19-14(16-12)11-3-1-2-6-15-11/h1-8,17-18H. The van der Waals surface area contributed by atoms with Crippen molar-refractivity contribution in [1.29, 1.82) is 0 Å². The number of thiazole rings is 1. The minimum Gasteiger partial charge on any atom is -0.508 e. The van der Waals surface area contributed by atoms with Crippen LogP contribution in [0.3, 0.4) is 0 Å². The van der Waals surface area contributed by atoms with Crippen LogP contribution in [-0.4, -0.2) is 20.2 Å². The Hall–Kier alpha value is -2.40. The number of aromatic nitrogens is 2. The lowest BCUT2D eigenvalue weighted by molar-refractivity contribution is 0.452. The monoisotopic (exact) mass is 270 g/mol. The van der Waals surface area contributed by atoms with E-state index in [-0.39, 0.29) is 11.5 Å². The Morgan fingerprint density at radius 1 is 1.00 bits per heavy atom. The van der Waals surface area contributed by atoms with Gasteiger partial charge >= 0.3 is 0 Å². The van der Waals surface area contributed by atoms with Gasteiger partial charge in [0.05, 0.1) is 11.4 Å². The van der Waals surface area contributed by atoms with E-state index in [1.54, 1.807) is 12.3 Å². The Morgan fingerprint density at radius 2 is 1.89 bits per heavy atom. The lowest BCUT2D eigenvalue weighted by Crippen LogP contribution is -1.82. The number of phenols is 2. The molecule has 3 aromatic rings. The summed E-state index contributed by atoms with van der Waals surface area (Å²) < 4.78 is 0. The molecule has 2 aromatic heterocycles. The summed E-state index contributed by atoms with van der Waals surface area (Å²) in [6.07, 6.45) is 1.72. The van der Waals surface area contributed by atoms with Gasteiger partial charge in [-0.25, -0.2) is 4.98 Å². The van der Waals surface area contributed by atoms with Crippen molar-refractivity contribution in [3.63, 3.8) is 0 Å². The fraction of sp³-hybridized carbons (Fsp3) is 0. The van der Waals surface area contributed by atoms with Gasteiger partial charge in [0.1, 0.15) is 16.5 Å². The molecule has 1 aromatic carbocycles. The van der Waals surface area contributed by atoms with Crippen LogP contribution < -0.4 is 0 Å². The van der Waals surface area contributed by atoms with Crippen molar-refractivity contribution in [2.45, 2.75) is 0 Å². The van der Waals surface area contributed by atoms with Crippen LogP contribution in [0, 0.1) is 0 Å². The molecule has 4 nitrogen and oxygen atoms in total. The summed E-state index contributed by atoms with van der Waals surface area (Å²) in [7, 11) is 0. The van der Waals surface area contributed by atoms with Crippen LogP contribution in [0.2, 0.25) is 0 Å². The molecule has 0 saturated heterocycles. The van der Waals surface area contributed by atoms with Crippen LogP contribution in [0.25, 0.3) is 22.0 Å². The van der Waals surface area contributed by atoms with Crippen molar-refractivity contribution in [2.24, 2.45) is 0 Å². The van der Waals surface area contributed by atoms with Crippen LogP contribution in [0.5, 0.6) is 11.5 Å². The molecule has 0 aliphatic carbocycles. The predicted octanol–water partition coefficient (Wildman–Crippen LogP) is 3.28. The van der Waals surface area contributed by atoms with Crippen LogP contribution in [0.4, 0.5) is 0 Å². The first-order chi connectivity index (χ1) is 9.24. The maximum Gasteiger partial charge on any atom is 0.142 e. The Balaban J connectivity index is 2.02. The average molecular weight is 270 g/mol. The van der Waals surface area contributed by atoms with Gasteiger partial charge in [-0.15, -0.1) is 11.3 Å². The number of pyridine rings is 1. The highest BCUT2D eigenvalue weighted by atomic mass is 32.1. The molecule has 0 saturated carbocycles. The van der Waals surface area contributed by atoms with Crippen molar-refractivity contribution in [3.8, 4) is 33.5 Å². The highest BCUT2D eigenvalue weighted by Gasteiger charge is 2.11. The van der Waals surface area contributed by atoms with E-state index in [4.69, 9.17) is 0 Å². The first-order valence-corrected chi connectivity index (χ1v) is 6.51. The second-order valence-corrected chi connectivity index (χ2v) is 4.81. The zero-order valence-corrected chi connectivity index (χ0v) is 10.6. The van der Waals surface area contributed by atoms with Crippen LogP contribution in [0.15, 0.2) is 48.0 Å². The third-order valence-corrected chi connectivity index (χ3v) is 3.51. The minimum atomic E-state index is 0.0119. The molecule has 0 fully saturated rings. The topological polar surface area (TPSA) is 66.2 Å². The molecule has 2 heterocycles. The smallest absolute Gasteiger partial charge is 0.142 e. The third-order valence-electron chi connectivity index (χ3n) is 2.65. The Morgan fingerprint density at radius 3 is 2.63 bits per heavy atom. The number of nitrogens with zero attached hydrogens (tertiary/aromatic N) is 2. The number of phenolic OH excluding ortho intramolecular Hbond substituents is 2. The number of hydrogen-bond acceptors (Lipinski definition) is 5. The normalized spacial score (nSPS) is 10.5. The maximum atomic E-state index is 9.81. The van der Waals surface area contributed by atoms with Gasteiger partial charge in [-0.05, 0) is 24.3 Å². The molecule has 0 unspecified atom stereocenters. The summed E-state index contributed by atoms with van der Waals surface area (Å²) in [6.45, 7) is 0. The predicted molar refractivity (Wildman–Crippen MR) is 74.1 cm³/mol. The first-order valence-electron chi connectivity index (χ1n) is 5.63. The number of benzene rings is 1. The fourth-order valence-corrected chi connectivity index (χ4v) is 2.54. The van der Waals surface area contributed by atoms with Gasteiger partial charge in [-0.2, -0.15) is 0 Å². The Kier molecular flexibility index (Phi) is 2.89. The molecule has 0 bridgehead atoms. The summed E-state index contributed by atoms with van der Waals surface area (Å²) in [6, 6.07) is 10.1. The first kappa shape index (κ1) is 11.7. The molecule has 0 atom stereocenters. The van der Waals surface area contributed by atoms with E-state index in [1.807, 2.05) is 23.6 Å². The molecule has 0 radical (unpaired) electrons. The van der Waals surface area contributed by atoms with Crippen molar-refractivity contribution in [3.05, 3.63) is 48.0 Å². The van der Waals surface area contributed by atoms with E-state index < -0.39 is 0 Å². The van der Waals surface area contributed by atoms with E-state index in [9.17, 15) is 10.2 Å². The lowest BCUT2D eigenvalue weighted by Gasteiger charge is -2.01. The highest BCUT2D eigenvalue weighted by Crippen LogP contribution is 2.34. The zero-order valence-electron chi connectivity index (χ0n) is 9.82. The molecule has 0 spiro atoms. The van der Waals surface area contributed by atoms with E-state index in [0.29, 0.717) is 11.3 Å². The molecule has 0 amide bonds. The van der Waals surface area contributed by atoms with Gasteiger partial charge in [-0.1, -0.05) is 6.07 Å². The molecule has 3 rings (SSSR count). The molecule has 5 heteroatoms. The molecule has 0 aliphatic rings. The maximum absolute atomic E-state index is 9.81. The van der Waals surface area contributed by atoms with Gasteiger partial charge in [0.25, 0.3) is 0 Å². The quantitative estimate of drug-likeness (QED) is 0.750. The SMILES string of the molecule is Oc1ccc(-c2csc(-c3ccccn3)n2)c(O)c1. The van der Waals surface area contributed by atoms with Crippen LogP contribution >= 0.6 is 11.3 Å². The lowest BCUT2D eigenvalue weighted by atomic mass is 10.1. The second-order valence-electron chi connectivity index (χ2n) is 3.95. The van der Waals surface area contributed by atoms with Crippen molar-refractivity contribution < 1.29 is 10.2 Å². The summed E-state index contributed by atoms with van der Waals surface area (Å²) >= 11 is 1.46. The molecule has 19 heavy (non-hydrogen) atoms. The largest absolute Gasteiger partial charge is 0.508 e. The molecule has 0 aliphatic heterocycles. The van der Waals surface area contributed by atoms with E-state index in [2.05, 4.69) is 9.97 Å². The zero-order chi connectivity index (χ0) is 13.2. The van der Waals surface area contributed by atoms with Crippen molar-refractivity contribution >= 4 is 11.3 Å². The molecular weight excluding hydrogens is 260 g/mol. The van der Waals surface area contributed by atoms with Gasteiger partial charge < -0.3 is 10.2 Å². The van der Waals surface area contributed by atoms with Crippen molar-refractivity contribution in [1.82, 2.24) is 9.97 Å². The summed E-state index contributed by atoms with van der Waals surface area (Å²) in [5.74, 6) is 0.0410. The van der Waals surface area contributed by atoms with E-state index in [1.165, 1.54) is 23.5 Å². The van der Waals surface area contributed by atoms with Crippen LogP contribution in [-0.2, 0) is 0 Å². The third kappa shape index (κ3) is 2.28. The van der Waals surface area contributed by atoms with E-state index >= 15 is 0 Å². The number of rotatable bonds is 2. The summed E-state index contributed by atoms with van der Waals surface area (Å²) in [4.78, 5) is 8.69. The fourth-order valence-electron chi connectivity index (χ4n) is 1.74. The molecule has 94 valence electrons. The number of hydrogen-bond donors (Lipinski definition) is 2. The van der Waals surface area contributed by atoms with Crippen molar-refractivity contribution in [2.75, 3.05) is 0 Å². The molecule has 2 N–H and O–H groups in total. The Labute approximate surface area is 113 Å².